The Balaban J connectivity index is 2.06. The summed E-state index contributed by atoms with van der Waals surface area (Å²) in [6, 6.07) is 0. The molecule has 92 valence electrons. The molecule has 2 aliphatic carbocycles. The normalized spacial score (nSPS) is 41.1. The zero-order valence-corrected chi connectivity index (χ0v) is 10.7. The second-order valence-electron chi connectivity index (χ2n) is 6.10. The van der Waals surface area contributed by atoms with Gasteiger partial charge in [-0.25, -0.2) is 4.79 Å². The third-order valence-electron chi connectivity index (χ3n) is 4.99. The van der Waals surface area contributed by atoms with Crippen LogP contribution in [0.4, 0.5) is 0 Å². The Labute approximate surface area is 103 Å². The Morgan fingerprint density at radius 2 is 2.18 bits per heavy atom. The number of rotatable bonds is 0. The number of hydrogen-bond donors (Lipinski definition) is 0. The van der Waals surface area contributed by atoms with E-state index in [1.807, 2.05) is 0 Å². The van der Waals surface area contributed by atoms with Crippen LogP contribution in [0.2, 0.25) is 0 Å². The minimum absolute atomic E-state index is 0.00838. The Morgan fingerprint density at radius 1 is 1.41 bits per heavy atom. The first-order valence-electron chi connectivity index (χ1n) is 6.63. The molecule has 2 fully saturated rings. The summed E-state index contributed by atoms with van der Waals surface area (Å²) in [6.45, 7) is 8.46. The molecule has 0 spiro atoms. The molecule has 17 heavy (non-hydrogen) atoms. The molecule has 0 amide bonds. The summed E-state index contributed by atoms with van der Waals surface area (Å²) in [4.78, 5) is 11.7. The van der Waals surface area contributed by atoms with Crippen molar-refractivity contribution in [3.8, 4) is 0 Å². The lowest BCUT2D eigenvalue weighted by molar-refractivity contribution is -0.138. The van der Waals surface area contributed by atoms with Crippen molar-refractivity contribution >= 4 is 5.97 Å². The number of esters is 1. The third kappa shape index (κ3) is 1.42. The van der Waals surface area contributed by atoms with Crippen LogP contribution in [0.15, 0.2) is 23.3 Å². The largest absolute Gasteiger partial charge is 0.454 e. The highest BCUT2D eigenvalue weighted by Crippen LogP contribution is 2.55. The molecule has 0 aromatic heterocycles. The monoisotopic (exact) mass is 232 g/mol. The minimum Gasteiger partial charge on any atom is -0.454 e. The van der Waals surface area contributed by atoms with Gasteiger partial charge in [-0.15, -0.1) is 0 Å². The molecule has 2 heteroatoms. The quantitative estimate of drug-likeness (QED) is 0.363. The molecule has 0 radical (unpaired) electrons. The average Bonchev–Trinajstić information content (AvgIpc) is 2.54. The standard InChI is InChI=1S/C15H20O2/c1-9-5-4-7-15(3)8-6-11-10(2)14(16)17-13(11)12(9)15/h11,13H,2,4-8H2,1,3H3/t11-,13?,15+/m1/s1. The van der Waals surface area contributed by atoms with Crippen LogP contribution in [0.25, 0.3) is 0 Å². The molecule has 3 rings (SSSR count). The number of ether oxygens (including phenoxy) is 1. The first-order valence-corrected chi connectivity index (χ1v) is 6.63. The van der Waals surface area contributed by atoms with Gasteiger partial charge in [0.25, 0.3) is 0 Å². The average molecular weight is 232 g/mol. The van der Waals surface area contributed by atoms with E-state index >= 15 is 0 Å². The van der Waals surface area contributed by atoms with Crippen molar-refractivity contribution in [2.45, 2.75) is 52.1 Å². The van der Waals surface area contributed by atoms with Crippen molar-refractivity contribution in [2.75, 3.05) is 0 Å². The first kappa shape index (κ1) is 11.1. The Hall–Kier alpha value is -1.05. The molecule has 3 aliphatic rings. The molecular weight excluding hydrogens is 212 g/mol. The Kier molecular flexibility index (Phi) is 2.26. The van der Waals surface area contributed by atoms with Gasteiger partial charge in [-0.1, -0.05) is 19.1 Å². The molecular formula is C15H20O2. The van der Waals surface area contributed by atoms with Crippen LogP contribution in [-0.2, 0) is 9.53 Å². The smallest absolute Gasteiger partial charge is 0.334 e. The van der Waals surface area contributed by atoms with E-state index in [0.29, 0.717) is 5.57 Å². The zero-order chi connectivity index (χ0) is 12.2. The summed E-state index contributed by atoms with van der Waals surface area (Å²) in [5, 5.41) is 0. The lowest BCUT2D eigenvalue weighted by atomic mass is 9.60. The second kappa shape index (κ2) is 3.47. The van der Waals surface area contributed by atoms with Gasteiger partial charge in [0, 0.05) is 11.5 Å². The summed E-state index contributed by atoms with van der Waals surface area (Å²) in [7, 11) is 0. The molecule has 2 nitrogen and oxygen atoms in total. The van der Waals surface area contributed by atoms with Crippen LogP contribution in [0.5, 0.6) is 0 Å². The van der Waals surface area contributed by atoms with E-state index in [2.05, 4.69) is 20.4 Å². The van der Waals surface area contributed by atoms with E-state index in [1.165, 1.54) is 30.4 Å². The van der Waals surface area contributed by atoms with Crippen molar-refractivity contribution in [3.63, 3.8) is 0 Å². The minimum atomic E-state index is -0.171. The predicted molar refractivity (Wildman–Crippen MR) is 66.4 cm³/mol. The molecule has 3 atom stereocenters. The third-order valence-corrected chi connectivity index (χ3v) is 4.99. The fourth-order valence-corrected chi connectivity index (χ4v) is 4.04. The highest BCUT2D eigenvalue weighted by Gasteiger charge is 2.51. The van der Waals surface area contributed by atoms with E-state index in [4.69, 9.17) is 4.74 Å². The van der Waals surface area contributed by atoms with Crippen molar-refractivity contribution in [3.05, 3.63) is 23.3 Å². The summed E-state index contributed by atoms with van der Waals surface area (Å²) in [5.74, 6) is 0.0775. The molecule has 0 aromatic rings. The van der Waals surface area contributed by atoms with E-state index in [-0.39, 0.29) is 23.4 Å². The summed E-state index contributed by atoms with van der Waals surface area (Å²) >= 11 is 0. The fourth-order valence-electron chi connectivity index (χ4n) is 4.04. The van der Waals surface area contributed by atoms with Gasteiger partial charge in [-0.2, -0.15) is 0 Å². The number of allylic oxidation sites excluding steroid dienone is 1. The predicted octanol–water partition coefficient (Wildman–Crippen LogP) is 3.38. The van der Waals surface area contributed by atoms with Crippen LogP contribution < -0.4 is 0 Å². The molecule has 0 bridgehead atoms. The highest BCUT2D eigenvalue weighted by molar-refractivity contribution is 5.91. The molecule has 1 aliphatic heterocycles. The van der Waals surface area contributed by atoms with Crippen LogP contribution in [0.3, 0.4) is 0 Å². The number of carbonyl (C=O) groups excluding carboxylic acids is 1. The maximum Gasteiger partial charge on any atom is 0.334 e. The van der Waals surface area contributed by atoms with Gasteiger partial charge in [0.15, 0.2) is 0 Å². The maximum atomic E-state index is 11.7. The Morgan fingerprint density at radius 3 is 2.94 bits per heavy atom. The van der Waals surface area contributed by atoms with Gasteiger partial charge < -0.3 is 4.74 Å². The van der Waals surface area contributed by atoms with Gasteiger partial charge in [0.1, 0.15) is 6.10 Å². The lowest BCUT2D eigenvalue weighted by Crippen LogP contribution is -2.39. The molecule has 1 heterocycles. The van der Waals surface area contributed by atoms with E-state index < -0.39 is 0 Å². The van der Waals surface area contributed by atoms with Crippen LogP contribution in [0, 0.1) is 11.3 Å². The molecule has 1 saturated heterocycles. The number of hydrogen-bond acceptors (Lipinski definition) is 2. The lowest BCUT2D eigenvalue weighted by Gasteiger charge is -2.45. The van der Waals surface area contributed by atoms with Crippen molar-refractivity contribution in [2.24, 2.45) is 11.3 Å². The van der Waals surface area contributed by atoms with E-state index in [9.17, 15) is 4.79 Å². The van der Waals surface area contributed by atoms with Crippen LogP contribution in [0.1, 0.15) is 46.0 Å². The highest BCUT2D eigenvalue weighted by atomic mass is 16.6. The summed E-state index contributed by atoms with van der Waals surface area (Å²) in [6.07, 6.45) is 5.93. The van der Waals surface area contributed by atoms with Gasteiger partial charge in [0.05, 0.1) is 0 Å². The molecule has 0 N–H and O–H groups in total. The van der Waals surface area contributed by atoms with E-state index in [0.717, 1.165) is 12.8 Å². The van der Waals surface area contributed by atoms with Gasteiger partial charge in [-0.05, 0) is 50.0 Å². The molecule has 1 unspecified atom stereocenters. The van der Waals surface area contributed by atoms with Crippen molar-refractivity contribution in [1.82, 2.24) is 0 Å². The van der Waals surface area contributed by atoms with Gasteiger partial charge >= 0.3 is 5.97 Å². The molecule has 1 saturated carbocycles. The maximum absolute atomic E-state index is 11.7. The van der Waals surface area contributed by atoms with Crippen LogP contribution >= 0.6 is 0 Å². The number of fused-ring (bicyclic) bond motifs is 3. The summed E-state index contributed by atoms with van der Waals surface area (Å²) < 4.78 is 5.59. The number of carbonyl (C=O) groups is 1. The SMILES string of the molecule is C=C1C(=O)OC2C3=C(C)CCC[C@@]3(C)CC[C@H]12. The fraction of sp³-hybridized carbons (Fsp3) is 0.667. The van der Waals surface area contributed by atoms with E-state index in [1.54, 1.807) is 0 Å². The van der Waals surface area contributed by atoms with Gasteiger partial charge in [0.2, 0.25) is 0 Å². The van der Waals surface area contributed by atoms with Gasteiger partial charge in [-0.3, -0.25) is 0 Å². The second-order valence-corrected chi connectivity index (χ2v) is 6.10. The Bertz CT molecular complexity index is 432. The van der Waals surface area contributed by atoms with Crippen molar-refractivity contribution in [1.29, 1.82) is 0 Å². The molecule has 0 aromatic carbocycles. The zero-order valence-electron chi connectivity index (χ0n) is 10.7. The topological polar surface area (TPSA) is 26.3 Å². The van der Waals surface area contributed by atoms with Crippen molar-refractivity contribution < 1.29 is 9.53 Å². The summed E-state index contributed by atoms with van der Waals surface area (Å²) in [5.41, 5.74) is 3.85. The van der Waals surface area contributed by atoms with Crippen LogP contribution in [-0.4, -0.2) is 12.1 Å². The first-order chi connectivity index (χ1) is 8.03.